The van der Waals surface area contributed by atoms with Gasteiger partial charge in [-0.2, -0.15) is 0 Å². The number of aromatic nitrogens is 2. The molecule has 0 spiro atoms. The molecular weight excluding hydrogens is 200 g/mol. The minimum Gasteiger partial charge on any atom is -0.362 e. The third kappa shape index (κ3) is 2.16. The maximum atomic E-state index is 5.97. The zero-order valence-electron chi connectivity index (χ0n) is 9.82. The number of nitrogens with two attached hydrogens (primary N) is 1. The Morgan fingerprint density at radius 1 is 1.50 bits per heavy atom. The number of nitrogens with one attached hydrogen (secondary N) is 1. The van der Waals surface area contributed by atoms with Crippen molar-refractivity contribution in [1.82, 2.24) is 9.97 Å². The molecule has 1 aromatic heterocycles. The van der Waals surface area contributed by atoms with Crippen LogP contribution in [0, 0.1) is 5.92 Å². The molecule has 0 bridgehead atoms. The van der Waals surface area contributed by atoms with Crippen molar-refractivity contribution in [2.45, 2.75) is 38.1 Å². The zero-order valence-corrected chi connectivity index (χ0v) is 9.82. The lowest BCUT2D eigenvalue weighted by molar-refractivity contribution is 0.235. The molecule has 1 aliphatic rings. The van der Waals surface area contributed by atoms with Gasteiger partial charge in [0, 0.05) is 18.9 Å². The number of rotatable bonds is 3. The van der Waals surface area contributed by atoms with E-state index in [1.165, 1.54) is 19.3 Å². The van der Waals surface area contributed by atoms with Gasteiger partial charge in [0.1, 0.15) is 5.82 Å². The number of nitrogens with zero attached hydrogens (tertiary/aromatic N) is 2. The van der Waals surface area contributed by atoms with Crippen LogP contribution in [-0.2, 0) is 0 Å². The zero-order chi connectivity index (χ0) is 11.4. The molecule has 1 aliphatic carbocycles. The maximum Gasteiger partial charge on any atom is 0.144 e. The van der Waals surface area contributed by atoms with Gasteiger partial charge in [-0.05, 0) is 18.8 Å². The smallest absolute Gasteiger partial charge is 0.144 e. The van der Waals surface area contributed by atoms with E-state index in [0.29, 0.717) is 12.5 Å². The Bertz CT molecular complexity index is 327. The van der Waals surface area contributed by atoms with Gasteiger partial charge in [-0.1, -0.05) is 19.8 Å². The fraction of sp³-hybridized carbons (Fsp3) is 0.667. The van der Waals surface area contributed by atoms with Crippen molar-refractivity contribution in [3.8, 4) is 0 Å². The van der Waals surface area contributed by atoms with E-state index in [-0.39, 0.29) is 5.54 Å². The molecule has 4 nitrogen and oxygen atoms in total. The van der Waals surface area contributed by atoms with Crippen molar-refractivity contribution in [1.29, 1.82) is 0 Å². The van der Waals surface area contributed by atoms with Crippen LogP contribution in [-0.4, -0.2) is 22.1 Å². The monoisotopic (exact) mass is 220 g/mol. The first-order chi connectivity index (χ1) is 7.77. The quantitative estimate of drug-likeness (QED) is 0.815. The molecule has 88 valence electrons. The third-order valence-corrected chi connectivity index (χ3v) is 3.76. The summed E-state index contributed by atoms with van der Waals surface area (Å²) in [6.45, 7) is 2.93. The van der Waals surface area contributed by atoms with Crippen LogP contribution in [0.4, 0.5) is 5.82 Å². The van der Waals surface area contributed by atoms with Gasteiger partial charge >= 0.3 is 0 Å². The fourth-order valence-corrected chi connectivity index (χ4v) is 2.57. The molecular formula is C12H20N4. The number of anilines is 1. The Balaban J connectivity index is 2.15. The SMILES string of the molecule is CC1CCCCC1(CN)Nc1cnccn1. The molecule has 0 aliphatic heterocycles. The van der Waals surface area contributed by atoms with E-state index in [9.17, 15) is 0 Å². The van der Waals surface area contributed by atoms with Gasteiger partial charge in [-0.25, -0.2) is 4.98 Å². The molecule has 0 saturated heterocycles. The third-order valence-electron chi connectivity index (χ3n) is 3.76. The lowest BCUT2D eigenvalue weighted by atomic mass is 9.73. The first-order valence-electron chi connectivity index (χ1n) is 6.01. The highest BCUT2D eigenvalue weighted by Crippen LogP contribution is 2.35. The van der Waals surface area contributed by atoms with Crippen molar-refractivity contribution in [3.05, 3.63) is 18.6 Å². The molecule has 1 aromatic rings. The van der Waals surface area contributed by atoms with Crippen LogP contribution in [0.5, 0.6) is 0 Å². The van der Waals surface area contributed by atoms with Crippen LogP contribution in [0.15, 0.2) is 18.6 Å². The summed E-state index contributed by atoms with van der Waals surface area (Å²) in [4.78, 5) is 8.35. The molecule has 1 fully saturated rings. The van der Waals surface area contributed by atoms with Crippen molar-refractivity contribution in [2.75, 3.05) is 11.9 Å². The predicted molar refractivity (Wildman–Crippen MR) is 65.1 cm³/mol. The van der Waals surface area contributed by atoms with Gasteiger partial charge in [0.05, 0.1) is 11.7 Å². The predicted octanol–water partition coefficient (Wildman–Crippen LogP) is 1.80. The summed E-state index contributed by atoms with van der Waals surface area (Å²) in [7, 11) is 0. The van der Waals surface area contributed by atoms with Gasteiger partial charge in [0.2, 0.25) is 0 Å². The standard InChI is InChI=1S/C12H20N4/c1-10-4-2-3-5-12(10,9-13)16-11-8-14-6-7-15-11/h6-8,10H,2-5,9,13H2,1H3,(H,15,16). The normalized spacial score (nSPS) is 30.0. The van der Waals surface area contributed by atoms with Crippen molar-refractivity contribution in [3.63, 3.8) is 0 Å². The Kier molecular flexibility index (Phi) is 3.39. The minimum absolute atomic E-state index is 0.00822. The molecule has 0 radical (unpaired) electrons. The molecule has 1 saturated carbocycles. The first kappa shape index (κ1) is 11.3. The summed E-state index contributed by atoms with van der Waals surface area (Å²) in [5.74, 6) is 1.43. The van der Waals surface area contributed by atoms with Crippen molar-refractivity contribution >= 4 is 5.82 Å². The Hall–Kier alpha value is -1.16. The summed E-state index contributed by atoms with van der Waals surface area (Å²) >= 11 is 0. The van der Waals surface area contributed by atoms with Crippen LogP contribution < -0.4 is 11.1 Å². The van der Waals surface area contributed by atoms with Gasteiger partial charge < -0.3 is 11.1 Å². The second kappa shape index (κ2) is 4.78. The summed E-state index contributed by atoms with van der Waals surface area (Å²) in [5.41, 5.74) is 5.97. The van der Waals surface area contributed by atoms with Crippen LogP contribution in [0.3, 0.4) is 0 Å². The first-order valence-corrected chi connectivity index (χ1v) is 6.01. The summed E-state index contributed by atoms with van der Waals surface area (Å²) in [6, 6.07) is 0. The van der Waals surface area contributed by atoms with Crippen molar-refractivity contribution in [2.24, 2.45) is 11.7 Å². The summed E-state index contributed by atoms with van der Waals surface area (Å²) in [5, 5.41) is 3.50. The maximum absolute atomic E-state index is 5.97. The van der Waals surface area contributed by atoms with Gasteiger partial charge in [-0.15, -0.1) is 0 Å². The summed E-state index contributed by atoms with van der Waals surface area (Å²) in [6.07, 6.45) is 10.1. The second-order valence-corrected chi connectivity index (χ2v) is 4.72. The van der Waals surface area contributed by atoms with Gasteiger partial charge in [0.15, 0.2) is 0 Å². The van der Waals surface area contributed by atoms with E-state index in [0.717, 1.165) is 12.2 Å². The van der Waals surface area contributed by atoms with E-state index in [1.54, 1.807) is 18.6 Å². The van der Waals surface area contributed by atoms with Crippen LogP contribution >= 0.6 is 0 Å². The molecule has 16 heavy (non-hydrogen) atoms. The van der Waals surface area contributed by atoms with E-state index >= 15 is 0 Å². The fourth-order valence-electron chi connectivity index (χ4n) is 2.57. The Labute approximate surface area is 96.7 Å². The Morgan fingerprint density at radius 2 is 2.38 bits per heavy atom. The topological polar surface area (TPSA) is 63.8 Å². The number of hydrogen-bond donors (Lipinski definition) is 2. The average molecular weight is 220 g/mol. The highest BCUT2D eigenvalue weighted by Gasteiger charge is 2.37. The molecule has 3 N–H and O–H groups in total. The lowest BCUT2D eigenvalue weighted by Gasteiger charge is -2.43. The van der Waals surface area contributed by atoms with Crippen LogP contribution in [0.1, 0.15) is 32.6 Å². The molecule has 2 rings (SSSR count). The van der Waals surface area contributed by atoms with Crippen molar-refractivity contribution < 1.29 is 0 Å². The molecule has 2 unspecified atom stereocenters. The van der Waals surface area contributed by atoms with E-state index < -0.39 is 0 Å². The highest BCUT2D eigenvalue weighted by molar-refractivity contribution is 5.35. The summed E-state index contributed by atoms with van der Waals surface area (Å²) < 4.78 is 0. The number of hydrogen-bond acceptors (Lipinski definition) is 4. The highest BCUT2D eigenvalue weighted by atomic mass is 15.1. The Morgan fingerprint density at radius 3 is 3.00 bits per heavy atom. The van der Waals surface area contributed by atoms with E-state index in [2.05, 4.69) is 22.2 Å². The molecule has 2 atom stereocenters. The molecule has 0 amide bonds. The second-order valence-electron chi connectivity index (χ2n) is 4.72. The van der Waals surface area contributed by atoms with Gasteiger partial charge in [-0.3, -0.25) is 4.98 Å². The molecule has 1 heterocycles. The van der Waals surface area contributed by atoms with E-state index in [4.69, 9.17) is 5.73 Å². The molecule has 0 aromatic carbocycles. The molecule has 4 heteroatoms. The lowest BCUT2D eigenvalue weighted by Crippen LogP contribution is -2.52. The van der Waals surface area contributed by atoms with Gasteiger partial charge in [0.25, 0.3) is 0 Å². The largest absolute Gasteiger partial charge is 0.362 e. The average Bonchev–Trinajstić information content (AvgIpc) is 2.34. The minimum atomic E-state index is 0.00822. The van der Waals surface area contributed by atoms with Crippen LogP contribution in [0.2, 0.25) is 0 Å². The van der Waals surface area contributed by atoms with Crippen LogP contribution in [0.25, 0.3) is 0 Å². The van der Waals surface area contributed by atoms with E-state index in [1.807, 2.05) is 0 Å².